The van der Waals surface area contributed by atoms with Crippen LogP contribution in [0.4, 0.5) is 5.82 Å². The minimum absolute atomic E-state index is 0.0335. The molecule has 2 aromatic rings. The fourth-order valence-electron chi connectivity index (χ4n) is 4.47. The molecular formula is C25H35N5O. The Morgan fingerprint density at radius 2 is 1.94 bits per heavy atom. The largest absolute Gasteiger partial charge is 0.353 e. The van der Waals surface area contributed by atoms with Gasteiger partial charge >= 0.3 is 0 Å². The summed E-state index contributed by atoms with van der Waals surface area (Å²) in [5, 5.41) is 6.63. The fourth-order valence-corrected chi connectivity index (χ4v) is 4.47. The highest BCUT2D eigenvalue weighted by atomic mass is 16.1. The molecule has 0 radical (unpaired) electrons. The lowest BCUT2D eigenvalue weighted by molar-refractivity contribution is 0.0950. The lowest BCUT2D eigenvalue weighted by Gasteiger charge is -2.34. The monoisotopic (exact) mass is 421 g/mol. The van der Waals surface area contributed by atoms with Gasteiger partial charge in [0.1, 0.15) is 5.82 Å². The Balaban J connectivity index is 1.23. The molecule has 2 fully saturated rings. The molecule has 166 valence electrons. The molecule has 31 heavy (non-hydrogen) atoms. The third-order valence-corrected chi connectivity index (χ3v) is 6.52. The van der Waals surface area contributed by atoms with Crippen molar-refractivity contribution in [2.24, 2.45) is 5.92 Å². The zero-order valence-electron chi connectivity index (χ0n) is 18.6. The van der Waals surface area contributed by atoms with Crippen LogP contribution in [0.2, 0.25) is 0 Å². The van der Waals surface area contributed by atoms with Crippen LogP contribution in [-0.4, -0.2) is 61.6 Å². The van der Waals surface area contributed by atoms with Crippen LogP contribution in [-0.2, 0) is 0 Å². The van der Waals surface area contributed by atoms with Crippen molar-refractivity contribution in [3.05, 3.63) is 59.8 Å². The van der Waals surface area contributed by atoms with Crippen molar-refractivity contribution in [3.8, 4) is 0 Å². The predicted molar refractivity (Wildman–Crippen MR) is 125 cm³/mol. The van der Waals surface area contributed by atoms with Gasteiger partial charge in [0.2, 0.25) is 0 Å². The average Bonchev–Trinajstić information content (AvgIpc) is 2.83. The van der Waals surface area contributed by atoms with Crippen molar-refractivity contribution in [3.63, 3.8) is 0 Å². The van der Waals surface area contributed by atoms with E-state index in [4.69, 9.17) is 0 Å². The number of anilines is 1. The number of piperidine rings is 1. The number of amides is 1. The number of carbonyl (C=O) groups excluding carboxylic acids is 1. The Labute approximate surface area is 186 Å². The zero-order valence-corrected chi connectivity index (χ0v) is 18.6. The highest BCUT2D eigenvalue weighted by molar-refractivity contribution is 5.94. The quantitative estimate of drug-likeness (QED) is 0.673. The van der Waals surface area contributed by atoms with E-state index in [0.717, 1.165) is 44.3 Å². The Morgan fingerprint density at radius 3 is 2.68 bits per heavy atom. The molecule has 6 heteroatoms. The van der Waals surface area contributed by atoms with Crippen molar-refractivity contribution < 1.29 is 4.79 Å². The van der Waals surface area contributed by atoms with Crippen LogP contribution in [0.15, 0.2) is 48.7 Å². The number of pyridine rings is 1. The summed E-state index contributed by atoms with van der Waals surface area (Å²) in [6, 6.07) is 14.7. The first-order chi connectivity index (χ1) is 15.2. The molecule has 1 aromatic heterocycles. The number of aromatic nitrogens is 1. The number of likely N-dealkylation sites (tertiary alicyclic amines) is 1. The Hall–Kier alpha value is -2.44. The van der Waals surface area contributed by atoms with E-state index in [2.05, 4.69) is 56.6 Å². The van der Waals surface area contributed by atoms with Gasteiger partial charge in [-0.3, -0.25) is 4.79 Å². The van der Waals surface area contributed by atoms with Crippen LogP contribution in [0.5, 0.6) is 0 Å². The number of hydrogen-bond donors (Lipinski definition) is 2. The van der Waals surface area contributed by atoms with Gasteiger partial charge in [0.05, 0.1) is 5.56 Å². The highest BCUT2D eigenvalue weighted by Crippen LogP contribution is 2.21. The van der Waals surface area contributed by atoms with E-state index in [9.17, 15) is 4.79 Å². The molecule has 1 unspecified atom stereocenters. The van der Waals surface area contributed by atoms with Crippen LogP contribution < -0.4 is 15.5 Å². The van der Waals surface area contributed by atoms with Gasteiger partial charge in [0.15, 0.2) is 0 Å². The van der Waals surface area contributed by atoms with Crippen LogP contribution in [0, 0.1) is 5.92 Å². The molecule has 6 nitrogen and oxygen atoms in total. The van der Waals surface area contributed by atoms with E-state index in [1.54, 1.807) is 6.20 Å². The summed E-state index contributed by atoms with van der Waals surface area (Å²) in [6.45, 7) is 9.20. The van der Waals surface area contributed by atoms with Crippen LogP contribution in [0.1, 0.15) is 48.1 Å². The summed E-state index contributed by atoms with van der Waals surface area (Å²) in [6.07, 6.45) is 5.29. The molecular weight excluding hydrogens is 386 g/mol. The Kier molecular flexibility index (Phi) is 7.54. The zero-order chi connectivity index (χ0) is 21.5. The molecule has 0 aliphatic carbocycles. The maximum atomic E-state index is 12.5. The van der Waals surface area contributed by atoms with E-state index in [-0.39, 0.29) is 5.91 Å². The second-order valence-electron chi connectivity index (χ2n) is 8.90. The topological polar surface area (TPSA) is 60.5 Å². The first kappa shape index (κ1) is 21.8. The maximum Gasteiger partial charge on any atom is 0.252 e. The molecule has 1 aromatic carbocycles. The highest BCUT2D eigenvalue weighted by Gasteiger charge is 2.22. The smallest absolute Gasteiger partial charge is 0.252 e. The third kappa shape index (κ3) is 6.05. The third-order valence-electron chi connectivity index (χ3n) is 6.52. The summed E-state index contributed by atoms with van der Waals surface area (Å²) in [5.41, 5.74) is 1.92. The van der Waals surface area contributed by atoms with Crippen molar-refractivity contribution in [2.45, 2.75) is 32.2 Å². The number of rotatable bonds is 7. The van der Waals surface area contributed by atoms with Crippen molar-refractivity contribution in [2.75, 3.05) is 50.7 Å². The Morgan fingerprint density at radius 1 is 1.13 bits per heavy atom. The van der Waals surface area contributed by atoms with Gasteiger partial charge in [-0.25, -0.2) is 4.98 Å². The van der Waals surface area contributed by atoms with Gasteiger partial charge < -0.3 is 20.4 Å². The standard InChI is InChI=1S/C25H35N5O/c1-20-10-15-29(16-11-20)14-5-12-27-25(31)22-8-9-24(28-18-22)30-17-13-26-23(19-30)21-6-3-2-4-7-21/h2-4,6-9,18,20,23,26H,5,10-17,19H2,1H3,(H,27,31). The molecule has 2 N–H and O–H groups in total. The molecule has 4 rings (SSSR count). The first-order valence-corrected chi connectivity index (χ1v) is 11.7. The van der Waals surface area contributed by atoms with Gasteiger partial charge in [-0.15, -0.1) is 0 Å². The van der Waals surface area contributed by atoms with Gasteiger partial charge in [0.25, 0.3) is 5.91 Å². The van der Waals surface area contributed by atoms with Crippen LogP contribution in [0.25, 0.3) is 0 Å². The molecule has 2 saturated heterocycles. The Bertz CT molecular complexity index is 818. The molecule has 3 heterocycles. The molecule has 0 bridgehead atoms. The summed E-state index contributed by atoms with van der Waals surface area (Å²) in [7, 11) is 0. The number of nitrogens with zero attached hydrogens (tertiary/aromatic N) is 3. The summed E-state index contributed by atoms with van der Waals surface area (Å²) >= 11 is 0. The van der Waals surface area contributed by atoms with E-state index in [0.29, 0.717) is 18.2 Å². The summed E-state index contributed by atoms with van der Waals surface area (Å²) in [4.78, 5) is 21.9. The molecule has 1 atom stereocenters. The predicted octanol–water partition coefficient (Wildman–Crippen LogP) is 3.08. The van der Waals surface area contributed by atoms with E-state index in [1.807, 2.05) is 18.2 Å². The van der Waals surface area contributed by atoms with Gasteiger partial charge in [0, 0.05) is 38.4 Å². The summed E-state index contributed by atoms with van der Waals surface area (Å²) < 4.78 is 0. The van der Waals surface area contributed by atoms with Crippen molar-refractivity contribution >= 4 is 11.7 Å². The lowest BCUT2D eigenvalue weighted by atomic mass is 9.99. The molecule has 2 aliphatic rings. The second-order valence-corrected chi connectivity index (χ2v) is 8.90. The number of hydrogen-bond acceptors (Lipinski definition) is 5. The van der Waals surface area contributed by atoms with E-state index in [1.165, 1.54) is 31.5 Å². The number of nitrogens with one attached hydrogen (secondary N) is 2. The lowest BCUT2D eigenvalue weighted by Crippen LogP contribution is -2.46. The first-order valence-electron chi connectivity index (χ1n) is 11.7. The van der Waals surface area contributed by atoms with Crippen LogP contribution >= 0.6 is 0 Å². The van der Waals surface area contributed by atoms with Crippen molar-refractivity contribution in [1.29, 1.82) is 0 Å². The minimum atomic E-state index is -0.0335. The molecule has 0 saturated carbocycles. The van der Waals surface area contributed by atoms with Gasteiger partial charge in [-0.2, -0.15) is 0 Å². The second kappa shape index (κ2) is 10.7. The summed E-state index contributed by atoms with van der Waals surface area (Å²) in [5.74, 6) is 1.75. The number of carbonyl (C=O) groups is 1. The minimum Gasteiger partial charge on any atom is -0.353 e. The van der Waals surface area contributed by atoms with E-state index >= 15 is 0 Å². The normalized spacial score (nSPS) is 20.5. The molecule has 0 spiro atoms. The fraction of sp³-hybridized carbons (Fsp3) is 0.520. The van der Waals surface area contributed by atoms with Crippen LogP contribution in [0.3, 0.4) is 0 Å². The van der Waals surface area contributed by atoms with E-state index < -0.39 is 0 Å². The van der Waals surface area contributed by atoms with Gasteiger partial charge in [-0.05, 0) is 62.5 Å². The van der Waals surface area contributed by atoms with Gasteiger partial charge in [-0.1, -0.05) is 37.3 Å². The van der Waals surface area contributed by atoms with Crippen molar-refractivity contribution in [1.82, 2.24) is 20.5 Å². The average molecular weight is 422 g/mol. The number of piperazine rings is 1. The molecule has 2 aliphatic heterocycles. The number of benzene rings is 1. The SMILES string of the molecule is CC1CCN(CCCNC(=O)c2ccc(N3CCNC(c4ccccc4)C3)nc2)CC1. The maximum absolute atomic E-state index is 12.5. The molecule has 1 amide bonds.